The summed E-state index contributed by atoms with van der Waals surface area (Å²) in [5, 5.41) is 4.75. The van der Waals surface area contributed by atoms with Crippen molar-refractivity contribution in [1.82, 2.24) is 49.9 Å². The van der Waals surface area contributed by atoms with E-state index in [4.69, 9.17) is 0 Å². The third kappa shape index (κ3) is 24.4. The first-order valence-corrected chi connectivity index (χ1v) is 23.6. The van der Waals surface area contributed by atoms with E-state index in [-0.39, 0.29) is 57.8 Å². The maximum Gasteiger partial charge on any atom is 2.00 e. The van der Waals surface area contributed by atoms with Crippen molar-refractivity contribution < 1.29 is 108 Å². The molecule has 0 aromatic carbocycles. The van der Waals surface area contributed by atoms with Crippen LogP contribution in [0.4, 0.5) is 50.4 Å². The van der Waals surface area contributed by atoms with Gasteiger partial charge in [-0.05, 0) is 111 Å². The Morgan fingerprint density at radius 1 is 0.306 bits per heavy atom. The Kier molecular flexibility index (Phi) is 21.7. The average molecular weight is 1190 g/mol. The van der Waals surface area contributed by atoms with Crippen molar-refractivity contribution in [2.75, 3.05) is 0 Å². The van der Waals surface area contributed by atoms with Crippen LogP contribution in [0.15, 0.2) is 195 Å². The van der Waals surface area contributed by atoms with E-state index in [0.29, 0.717) is 11.3 Å². The minimum atomic E-state index is -10.7. The molecule has 12 rings (SSSR count). The fraction of sp³-hybridized carbons (Fsp3) is 0.0909. The second-order valence-corrected chi connectivity index (χ2v) is 18.1. The molecule has 12 heterocycles. The van der Waals surface area contributed by atoms with Crippen LogP contribution in [0.25, 0.3) is 45.6 Å². The van der Waals surface area contributed by atoms with Crippen molar-refractivity contribution in [3.05, 3.63) is 195 Å². The Balaban J connectivity index is 0.000000442. The molecule has 0 unspecified atom stereocenters. The molecule has 0 aliphatic carbocycles. The molecule has 392 valence electrons. The van der Waals surface area contributed by atoms with Gasteiger partial charge in [0.2, 0.25) is 0 Å². The van der Waals surface area contributed by atoms with Gasteiger partial charge in [-0.3, -0.25) is 29.9 Å². The van der Waals surface area contributed by atoms with Crippen LogP contribution in [0.1, 0.15) is 13.8 Å². The third-order valence-electron chi connectivity index (χ3n) is 8.91. The van der Waals surface area contributed by atoms with Crippen LogP contribution in [-0.2, 0) is 33.0 Å². The van der Waals surface area contributed by atoms with Crippen molar-refractivity contribution >= 4 is 15.6 Å². The smallest absolute Gasteiger partial charge is 1.00 e. The van der Waals surface area contributed by atoms with Gasteiger partial charge in [-0.15, -0.1) is 0 Å². The van der Waals surface area contributed by atoms with Gasteiger partial charge in [0.25, 0.3) is 0 Å². The second-order valence-electron chi connectivity index (χ2n) is 14.3. The van der Waals surface area contributed by atoms with E-state index in [1.165, 1.54) is 0 Å². The molecule has 0 N–H and O–H groups in total. The number of hydrogen-bond acceptors (Lipinski definition) is 10. The zero-order valence-electron chi connectivity index (χ0n) is 36.8. The summed E-state index contributed by atoms with van der Waals surface area (Å²) in [7, 11) is -21.3. The van der Waals surface area contributed by atoms with Gasteiger partial charge >= 0.3 is 99.0 Å². The number of hydrogen-bond donors (Lipinski definition) is 0. The Morgan fingerprint density at radius 2 is 0.486 bits per heavy atom. The normalized spacial score (nSPS) is 19.4. The van der Waals surface area contributed by atoms with E-state index >= 15 is 0 Å². The Morgan fingerprint density at radius 3 is 0.611 bits per heavy atom. The molecule has 0 saturated carbocycles. The number of halogens is 14. The molecular formula is C44H38Cl2F12N10Ni2P2. The number of rotatable bonds is 4. The number of pyridine rings is 8. The van der Waals surface area contributed by atoms with Gasteiger partial charge in [0.05, 0.1) is 45.6 Å². The van der Waals surface area contributed by atoms with E-state index in [1.54, 1.807) is 49.6 Å². The predicted octanol–water partition coefficient (Wildman–Crippen LogP) is 9.32. The molecule has 72 heavy (non-hydrogen) atoms. The van der Waals surface area contributed by atoms with E-state index < -0.39 is 15.6 Å². The van der Waals surface area contributed by atoms with Gasteiger partial charge in [-0.25, -0.2) is 9.97 Å². The summed E-state index contributed by atoms with van der Waals surface area (Å²) in [6.07, 6.45) is 14.1. The van der Waals surface area contributed by atoms with Crippen LogP contribution in [0.5, 0.6) is 0 Å². The summed E-state index contributed by atoms with van der Waals surface area (Å²) < 4.78 is 118. The van der Waals surface area contributed by atoms with Gasteiger partial charge in [0.1, 0.15) is 11.3 Å². The Hall–Kier alpha value is -5.29. The monoisotopic (exact) mass is 1180 g/mol. The topological polar surface area (TPSA) is 109 Å². The third-order valence-corrected chi connectivity index (χ3v) is 8.91. The van der Waals surface area contributed by atoms with Gasteiger partial charge in [0, 0.05) is 49.6 Å². The quantitative estimate of drug-likeness (QED) is 0.0733. The maximum absolute atomic E-state index is 10.7. The van der Waals surface area contributed by atoms with Crippen molar-refractivity contribution in [3.8, 4) is 45.6 Å². The molecule has 4 aliphatic rings. The Bertz CT molecular complexity index is 2450. The SMILES string of the molecule is CC12N3N1C32C.F[P-](F)(F)(F)(F)F.F[P-](F)(F)(F)(F)F.[Cl-].[Cl-].[Ni+2].[Ni+2].c1ccc(-c2cccc(-c3ccccn3)n2)nc1.c1ccc(-c2cccc(-c3ccccn3)n2)nc1.c1ccncc1.c1ccncc1. The summed E-state index contributed by atoms with van der Waals surface area (Å²) in [5.41, 5.74) is 8.13. The van der Waals surface area contributed by atoms with Crippen LogP contribution < -0.4 is 24.8 Å². The Labute approximate surface area is 437 Å². The molecule has 8 aromatic rings. The first-order chi connectivity index (χ1) is 31.5. The van der Waals surface area contributed by atoms with Crippen molar-refractivity contribution in [2.24, 2.45) is 0 Å². The van der Waals surface area contributed by atoms with Crippen LogP contribution in [0.3, 0.4) is 0 Å². The standard InChI is InChI=1S/2C15H11N3.2C5H5N.C4H6N2.2ClH.2F6P.2Ni/c2*1-3-10-16-12(6-1)14-8-5-9-15(18-14)13-7-2-4-11-17-13;2*1-2-4-6-5-3-1;1-3-4(2)5(3)6(3)4;;;2*1-7(2,3,4,5)6;;/h2*1-11H;2*1-5H;1-2H3;2*1H;;;;/q;;;;;;;2*-1;2*+2/p-2. The van der Waals surface area contributed by atoms with Gasteiger partial charge < -0.3 is 24.8 Å². The zero-order valence-corrected chi connectivity index (χ0v) is 42.0. The van der Waals surface area contributed by atoms with E-state index in [1.807, 2.05) is 146 Å². The van der Waals surface area contributed by atoms with E-state index in [9.17, 15) is 50.4 Å². The molecule has 10 nitrogen and oxygen atoms in total. The van der Waals surface area contributed by atoms with Crippen LogP contribution in [0.2, 0.25) is 0 Å². The molecule has 0 atom stereocenters. The predicted molar refractivity (Wildman–Crippen MR) is 237 cm³/mol. The van der Waals surface area contributed by atoms with Crippen LogP contribution in [-0.4, -0.2) is 61.2 Å². The molecule has 28 heteroatoms. The second kappa shape index (κ2) is 24.2. The number of aromatic nitrogens is 8. The summed E-state index contributed by atoms with van der Waals surface area (Å²) >= 11 is 0. The van der Waals surface area contributed by atoms with Crippen molar-refractivity contribution in [2.45, 2.75) is 25.2 Å². The van der Waals surface area contributed by atoms with Gasteiger partial charge in [-0.2, -0.15) is 10.0 Å². The van der Waals surface area contributed by atoms with E-state index in [0.717, 1.165) is 45.6 Å². The fourth-order valence-electron chi connectivity index (χ4n) is 5.70. The minimum Gasteiger partial charge on any atom is -1.00 e. The number of nitrogens with zero attached hydrogens (tertiary/aromatic N) is 10. The minimum absolute atomic E-state index is 0. The summed E-state index contributed by atoms with van der Waals surface area (Å²) in [5.74, 6) is 0. The fourth-order valence-corrected chi connectivity index (χ4v) is 5.70. The average Bonchev–Trinajstić information content (AvgIpc) is 4.29. The zero-order chi connectivity index (χ0) is 49.9. The summed E-state index contributed by atoms with van der Waals surface area (Å²) in [6, 6.07) is 46.4. The first-order valence-electron chi connectivity index (χ1n) is 19.5. The van der Waals surface area contributed by atoms with Gasteiger partial charge in [-0.1, -0.05) is 48.5 Å². The van der Waals surface area contributed by atoms with E-state index in [2.05, 4.69) is 63.7 Å². The molecule has 4 saturated heterocycles. The van der Waals surface area contributed by atoms with Crippen molar-refractivity contribution in [3.63, 3.8) is 0 Å². The molecule has 4 fully saturated rings. The van der Waals surface area contributed by atoms with Gasteiger partial charge in [0.15, 0.2) is 0 Å². The molecule has 0 bridgehead atoms. The summed E-state index contributed by atoms with van der Waals surface area (Å²) in [6.45, 7) is 4.54. The first kappa shape index (κ1) is 64.7. The van der Waals surface area contributed by atoms with Crippen LogP contribution >= 0.6 is 15.6 Å². The molecule has 4 aliphatic heterocycles. The molecule has 0 amide bonds. The molecule has 0 spiro atoms. The maximum atomic E-state index is 9.87. The largest absolute Gasteiger partial charge is 2.00 e. The van der Waals surface area contributed by atoms with Crippen LogP contribution in [0, 0.1) is 0 Å². The summed E-state index contributed by atoms with van der Waals surface area (Å²) in [4.78, 5) is 33.9. The number of hydrazine groups is 1. The van der Waals surface area contributed by atoms with Crippen molar-refractivity contribution in [1.29, 1.82) is 0 Å². The molecule has 0 radical (unpaired) electrons. The molecule has 8 aromatic heterocycles. The molecular weight excluding hydrogens is 1150 g/mol.